The molecule has 25 heavy (non-hydrogen) atoms. The Morgan fingerprint density at radius 2 is 1.64 bits per heavy atom. The van der Waals surface area contributed by atoms with E-state index in [1.807, 2.05) is 0 Å². The monoisotopic (exact) mass is 359 g/mol. The number of carboxylic acid groups (broad SMARTS) is 1. The van der Waals surface area contributed by atoms with Gasteiger partial charge in [0.1, 0.15) is 0 Å². The number of guanidine groups is 2. The number of rotatable bonds is 4. The highest BCUT2D eigenvalue weighted by Gasteiger charge is 2.18. The SMILES string of the molecule is NC(N)=NC(N)=Nc1cc(C(=O)c2ccccc2C(=O)O)ccc1Cl. The number of carbonyl (C=O) groups is 2. The first-order chi connectivity index (χ1) is 11.8. The second-order valence-corrected chi connectivity index (χ2v) is 5.26. The minimum absolute atomic E-state index is 0.0458. The maximum atomic E-state index is 12.6. The summed E-state index contributed by atoms with van der Waals surface area (Å²) in [5.41, 5.74) is 16.3. The summed E-state index contributed by atoms with van der Waals surface area (Å²) in [5.74, 6) is -2.21. The molecule has 0 aliphatic heterocycles. The maximum absolute atomic E-state index is 12.6. The van der Waals surface area contributed by atoms with Gasteiger partial charge in [0, 0.05) is 11.1 Å². The predicted octanol–water partition coefficient (Wildman–Crippen LogP) is 1.49. The molecule has 0 fully saturated rings. The highest BCUT2D eigenvalue weighted by Crippen LogP contribution is 2.27. The molecule has 7 N–H and O–H groups in total. The molecule has 0 aromatic heterocycles. The van der Waals surface area contributed by atoms with Crippen molar-refractivity contribution in [3.05, 3.63) is 64.2 Å². The number of ketones is 1. The van der Waals surface area contributed by atoms with Crippen LogP contribution in [0.4, 0.5) is 5.69 Å². The Morgan fingerprint density at radius 3 is 2.24 bits per heavy atom. The fourth-order valence-corrected chi connectivity index (χ4v) is 2.20. The molecule has 128 valence electrons. The zero-order valence-electron chi connectivity index (χ0n) is 12.8. The van der Waals surface area contributed by atoms with E-state index < -0.39 is 11.8 Å². The van der Waals surface area contributed by atoms with Gasteiger partial charge in [-0.15, -0.1) is 0 Å². The molecule has 8 nitrogen and oxygen atoms in total. The van der Waals surface area contributed by atoms with Crippen LogP contribution in [-0.2, 0) is 0 Å². The van der Waals surface area contributed by atoms with Gasteiger partial charge < -0.3 is 22.3 Å². The van der Waals surface area contributed by atoms with Crippen molar-refractivity contribution < 1.29 is 14.7 Å². The Balaban J connectivity index is 2.48. The molecular weight excluding hydrogens is 346 g/mol. The van der Waals surface area contributed by atoms with Gasteiger partial charge in [0.2, 0.25) is 5.96 Å². The lowest BCUT2D eigenvalue weighted by Crippen LogP contribution is -2.26. The second-order valence-electron chi connectivity index (χ2n) is 4.85. The van der Waals surface area contributed by atoms with E-state index in [0.717, 1.165) is 0 Å². The van der Waals surface area contributed by atoms with Gasteiger partial charge >= 0.3 is 5.97 Å². The van der Waals surface area contributed by atoms with Crippen molar-refractivity contribution in [1.29, 1.82) is 0 Å². The van der Waals surface area contributed by atoms with Crippen molar-refractivity contribution in [2.45, 2.75) is 0 Å². The molecule has 9 heteroatoms. The zero-order valence-corrected chi connectivity index (χ0v) is 13.6. The molecule has 0 saturated heterocycles. The number of hydrogen-bond donors (Lipinski definition) is 4. The maximum Gasteiger partial charge on any atom is 0.336 e. The van der Waals surface area contributed by atoms with E-state index in [9.17, 15) is 14.7 Å². The lowest BCUT2D eigenvalue weighted by Gasteiger charge is -2.07. The molecule has 0 saturated carbocycles. The van der Waals surface area contributed by atoms with Crippen molar-refractivity contribution in [1.82, 2.24) is 0 Å². The van der Waals surface area contributed by atoms with Crippen molar-refractivity contribution >= 4 is 41.0 Å². The summed E-state index contributed by atoms with van der Waals surface area (Å²) in [6.07, 6.45) is 0. The van der Waals surface area contributed by atoms with Crippen LogP contribution in [-0.4, -0.2) is 28.8 Å². The average molecular weight is 360 g/mol. The smallest absolute Gasteiger partial charge is 0.336 e. The lowest BCUT2D eigenvalue weighted by molar-refractivity contribution is 0.0693. The van der Waals surface area contributed by atoms with Gasteiger partial charge in [-0.05, 0) is 24.3 Å². The first kappa shape index (κ1) is 18.0. The number of carbonyl (C=O) groups excluding carboxylic acids is 1. The number of nitrogens with zero attached hydrogens (tertiary/aromatic N) is 2. The van der Waals surface area contributed by atoms with E-state index in [4.69, 9.17) is 28.8 Å². The molecule has 0 bridgehead atoms. The summed E-state index contributed by atoms with van der Waals surface area (Å²) in [7, 11) is 0. The van der Waals surface area contributed by atoms with Gasteiger partial charge in [0.15, 0.2) is 11.7 Å². The number of aromatic carboxylic acids is 1. The van der Waals surface area contributed by atoms with E-state index in [2.05, 4.69) is 9.98 Å². The molecule has 2 rings (SSSR count). The first-order valence-corrected chi connectivity index (χ1v) is 7.27. The highest BCUT2D eigenvalue weighted by molar-refractivity contribution is 6.33. The molecule has 0 spiro atoms. The number of hydrogen-bond acceptors (Lipinski definition) is 3. The number of aliphatic imine (C=N–C) groups is 2. The van der Waals surface area contributed by atoms with Crippen LogP contribution in [0.3, 0.4) is 0 Å². The Kier molecular flexibility index (Phi) is 5.35. The summed E-state index contributed by atoms with van der Waals surface area (Å²) >= 11 is 6.03. The van der Waals surface area contributed by atoms with Gasteiger partial charge in [0.25, 0.3) is 0 Å². The van der Waals surface area contributed by atoms with Crippen LogP contribution in [0, 0.1) is 0 Å². The molecule has 0 amide bonds. The Morgan fingerprint density at radius 1 is 1.00 bits per heavy atom. The highest BCUT2D eigenvalue weighted by atomic mass is 35.5. The van der Waals surface area contributed by atoms with Gasteiger partial charge in [-0.25, -0.2) is 9.79 Å². The van der Waals surface area contributed by atoms with Crippen LogP contribution >= 0.6 is 11.6 Å². The Labute approximate surface area is 147 Å². The molecular formula is C16H14ClN5O3. The van der Waals surface area contributed by atoms with Crippen LogP contribution in [0.2, 0.25) is 5.02 Å². The molecule has 0 aliphatic carbocycles. The van der Waals surface area contributed by atoms with Crippen LogP contribution < -0.4 is 17.2 Å². The summed E-state index contributed by atoms with van der Waals surface area (Å²) in [5, 5.41) is 9.43. The number of halogens is 1. The molecule has 0 heterocycles. The van der Waals surface area contributed by atoms with Crippen molar-refractivity contribution in [2.75, 3.05) is 0 Å². The van der Waals surface area contributed by atoms with Gasteiger partial charge in [-0.3, -0.25) is 4.79 Å². The molecule has 0 atom stereocenters. The van der Waals surface area contributed by atoms with Crippen LogP contribution in [0.1, 0.15) is 26.3 Å². The van der Waals surface area contributed by atoms with E-state index in [1.54, 1.807) is 6.07 Å². The van der Waals surface area contributed by atoms with E-state index in [-0.39, 0.29) is 39.3 Å². The molecule has 2 aromatic rings. The van der Waals surface area contributed by atoms with Crippen LogP contribution in [0.25, 0.3) is 0 Å². The quantitative estimate of drug-likeness (QED) is 0.368. The third-order valence-electron chi connectivity index (χ3n) is 3.09. The number of benzene rings is 2. The Bertz CT molecular complexity index is 904. The minimum atomic E-state index is -1.20. The van der Waals surface area contributed by atoms with Crippen molar-refractivity contribution in [3.8, 4) is 0 Å². The summed E-state index contributed by atoms with van der Waals surface area (Å²) in [6, 6.07) is 10.2. The van der Waals surface area contributed by atoms with Crippen molar-refractivity contribution in [2.24, 2.45) is 27.2 Å². The lowest BCUT2D eigenvalue weighted by atomic mass is 9.98. The van der Waals surface area contributed by atoms with E-state index in [1.165, 1.54) is 36.4 Å². The molecule has 0 radical (unpaired) electrons. The zero-order chi connectivity index (χ0) is 18.6. The minimum Gasteiger partial charge on any atom is -0.478 e. The third kappa shape index (κ3) is 4.33. The normalized spacial score (nSPS) is 11.0. The van der Waals surface area contributed by atoms with E-state index in [0.29, 0.717) is 0 Å². The predicted molar refractivity (Wildman–Crippen MR) is 95.4 cm³/mol. The van der Waals surface area contributed by atoms with Gasteiger partial charge in [0.05, 0.1) is 16.3 Å². The molecule has 2 aromatic carbocycles. The molecule has 0 unspecified atom stereocenters. The van der Waals surface area contributed by atoms with Gasteiger partial charge in [-0.2, -0.15) is 4.99 Å². The third-order valence-corrected chi connectivity index (χ3v) is 3.41. The summed E-state index contributed by atoms with van der Waals surface area (Å²) < 4.78 is 0. The largest absolute Gasteiger partial charge is 0.478 e. The number of carboxylic acids is 1. The van der Waals surface area contributed by atoms with Gasteiger partial charge in [-0.1, -0.05) is 29.8 Å². The fourth-order valence-electron chi connectivity index (χ4n) is 2.04. The first-order valence-electron chi connectivity index (χ1n) is 6.90. The number of nitrogens with two attached hydrogens (primary N) is 3. The second kappa shape index (κ2) is 7.45. The summed E-state index contributed by atoms with van der Waals surface area (Å²) in [6.45, 7) is 0. The van der Waals surface area contributed by atoms with Crippen LogP contribution in [0.5, 0.6) is 0 Å². The standard InChI is InChI=1S/C16H14ClN5O3/c17-11-6-5-8(7-12(11)21-16(20)22-15(18)19)13(23)9-3-1-2-4-10(9)14(24)25/h1-7H,(H,24,25)(H6,18,19,20,21,22). The molecule has 0 aliphatic rings. The summed E-state index contributed by atoms with van der Waals surface area (Å²) in [4.78, 5) is 31.4. The van der Waals surface area contributed by atoms with Crippen molar-refractivity contribution in [3.63, 3.8) is 0 Å². The van der Waals surface area contributed by atoms with Crippen LogP contribution in [0.15, 0.2) is 52.4 Å². The average Bonchev–Trinajstić information content (AvgIpc) is 2.55. The van der Waals surface area contributed by atoms with E-state index >= 15 is 0 Å². The Hall–Kier alpha value is -3.39. The fraction of sp³-hybridized carbons (Fsp3) is 0. The topological polar surface area (TPSA) is 157 Å².